The van der Waals surface area contributed by atoms with Crippen LogP contribution in [0, 0.1) is 5.82 Å². The quantitative estimate of drug-likeness (QED) is 0.767. The van der Waals surface area contributed by atoms with Crippen molar-refractivity contribution in [1.82, 2.24) is 0 Å². The molecule has 2 aromatic carbocycles. The number of benzene rings is 2. The van der Waals surface area contributed by atoms with Gasteiger partial charge in [-0.3, -0.25) is 0 Å². The summed E-state index contributed by atoms with van der Waals surface area (Å²) < 4.78 is 52.5. The molecule has 2 nitrogen and oxygen atoms in total. The zero-order valence-electron chi connectivity index (χ0n) is 13.9. The van der Waals surface area contributed by atoms with Crippen LogP contribution in [-0.4, -0.2) is 26.2 Å². The molecule has 1 saturated heterocycles. The number of quaternary nitrogens is 2. The summed E-state index contributed by atoms with van der Waals surface area (Å²) in [6.45, 7) is 4.53. The van der Waals surface area contributed by atoms with Crippen molar-refractivity contribution in [3.63, 3.8) is 0 Å². The van der Waals surface area contributed by atoms with E-state index in [0.29, 0.717) is 12.1 Å². The third kappa shape index (κ3) is 4.80. The molecule has 0 radical (unpaired) electrons. The highest BCUT2D eigenvalue weighted by molar-refractivity contribution is 5.28. The number of piperazine rings is 1. The van der Waals surface area contributed by atoms with Gasteiger partial charge in [-0.1, -0.05) is 30.3 Å². The van der Waals surface area contributed by atoms with E-state index < -0.39 is 11.7 Å². The Morgan fingerprint density at radius 1 is 0.800 bits per heavy atom. The second kappa shape index (κ2) is 7.54. The molecule has 2 aromatic rings. The summed E-state index contributed by atoms with van der Waals surface area (Å²) in [5, 5.41) is 0. The van der Waals surface area contributed by atoms with Crippen LogP contribution in [0.3, 0.4) is 0 Å². The fraction of sp³-hybridized carbons (Fsp3) is 0.368. The molecule has 1 fully saturated rings. The minimum atomic E-state index is -4.31. The smallest absolute Gasteiger partial charge is 0.322 e. The van der Waals surface area contributed by atoms with Gasteiger partial charge in [-0.05, 0) is 18.2 Å². The topological polar surface area (TPSA) is 8.88 Å². The molecule has 1 heterocycles. The molecule has 2 N–H and O–H groups in total. The zero-order valence-corrected chi connectivity index (χ0v) is 13.9. The van der Waals surface area contributed by atoms with Gasteiger partial charge in [0.2, 0.25) is 0 Å². The van der Waals surface area contributed by atoms with E-state index in [1.165, 1.54) is 21.9 Å². The average Bonchev–Trinajstić information content (AvgIpc) is 2.56. The Kier molecular flexibility index (Phi) is 5.39. The summed E-state index contributed by atoms with van der Waals surface area (Å²) in [4.78, 5) is 2.51. The SMILES string of the molecule is Fc1cccc(C[NH+]2CC[NH+](Cc3ccccc3C(F)(F)F)CC2)c1. The number of halogens is 4. The minimum absolute atomic E-state index is 0.232. The largest absolute Gasteiger partial charge is 0.416 e. The first-order chi connectivity index (χ1) is 11.9. The van der Waals surface area contributed by atoms with E-state index in [-0.39, 0.29) is 5.82 Å². The van der Waals surface area contributed by atoms with Crippen molar-refractivity contribution < 1.29 is 27.4 Å². The number of nitrogens with one attached hydrogen (secondary N) is 2. The van der Waals surface area contributed by atoms with E-state index in [1.54, 1.807) is 24.3 Å². The van der Waals surface area contributed by atoms with Crippen LogP contribution in [0.25, 0.3) is 0 Å². The molecule has 1 aliphatic heterocycles. The Bertz CT molecular complexity index is 707. The molecule has 0 aliphatic carbocycles. The van der Waals surface area contributed by atoms with Crippen molar-refractivity contribution in [3.8, 4) is 0 Å². The standard InChI is InChI=1S/C19H20F4N2/c20-17-6-3-4-15(12-17)13-24-8-10-25(11-9-24)14-16-5-1-2-7-18(16)19(21,22)23/h1-7,12H,8-11,13-14H2/p+2. The lowest BCUT2D eigenvalue weighted by Crippen LogP contribution is -3.27. The fourth-order valence-electron chi connectivity index (χ4n) is 3.47. The second-order valence-corrected chi connectivity index (χ2v) is 6.64. The summed E-state index contributed by atoms with van der Waals surface area (Å²) >= 11 is 0. The van der Waals surface area contributed by atoms with Gasteiger partial charge < -0.3 is 9.80 Å². The molecule has 0 bridgehead atoms. The molecular weight excluding hydrogens is 332 g/mol. The third-order valence-corrected chi connectivity index (χ3v) is 4.77. The molecule has 1 aliphatic rings. The van der Waals surface area contributed by atoms with Gasteiger partial charge in [0.15, 0.2) is 0 Å². The van der Waals surface area contributed by atoms with Crippen molar-refractivity contribution >= 4 is 0 Å². The summed E-state index contributed by atoms with van der Waals surface area (Å²) in [5.41, 5.74) is 0.788. The Hall–Kier alpha value is -1.92. The Morgan fingerprint density at radius 2 is 1.44 bits per heavy atom. The molecule has 0 spiro atoms. The first-order valence-electron chi connectivity index (χ1n) is 8.48. The van der Waals surface area contributed by atoms with E-state index >= 15 is 0 Å². The highest BCUT2D eigenvalue weighted by Gasteiger charge is 2.34. The lowest BCUT2D eigenvalue weighted by Gasteiger charge is -2.30. The maximum Gasteiger partial charge on any atom is 0.416 e. The van der Waals surface area contributed by atoms with Gasteiger partial charge in [0.25, 0.3) is 0 Å². The minimum Gasteiger partial charge on any atom is -0.322 e. The van der Waals surface area contributed by atoms with E-state index in [4.69, 9.17) is 0 Å². The first-order valence-corrected chi connectivity index (χ1v) is 8.48. The summed E-state index contributed by atoms with van der Waals surface area (Å²) in [6.07, 6.45) is -4.31. The van der Waals surface area contributed by atoms with Gasteiger partial charge >= 0.3 is 6.18 Å². The Morgan fingerprint density at radius 3 is 2.08 bits per heavy atom. The highest BCUT2D eigenvalue weighted by Crippen LogP contribution is 2.31. The fourth-order valence-corrected chi connectivity index (χ4v) is 3.47. The predicted octanol–water partition coefficient (Wildman–Crippen LogP) is 1.33. The van der Waals surface area contributed by atoms with E-state index in [2.05, 4.69) is 0 Å². The van der Waals surface area contributed by atoms with Gasteiger partial charge in [0, 0.05) is 11.1 Å². The predicted molar refractivity (Wildman–Crippen MR) is 86.6 cm³/mol. The van der Waals surface area contributed by atoms with Crippen molar-refractivity contribution in [2.75, 3.05) is 26.2 Å². The van der Waals surface area contributed by atoms with Crippen LogP contribution in [-0.2, 0) is 19.3 Å². The lowest BCUT2D eigenvalue weighted by molar-refractivity contribution is -1.02. The van der Waals surface area contributed by atoms with Crippen molar-refractivity contribution in [2.24, 2.45) is 0 Å². The first kappa shape index (κ1) is 17.9. The van der Waals surface area contributed by atoms with Gasteiger partial charge in [0.1, 0.15) is 45.1 Å². The summed E-state index contributed by atoms with van der Waals surface area (Å²) in [5.74, 6) is -0.232. The molecule has 6 heteroatoms. The zero-order chi connectivity index (χ0) is 17.9. The monoisotopic (exact) mass is 354 g/mol. The van der Waals surface area contributed by atoms with Crippen molar-refractivity contribution in [3.05, 3.63) is 71.0 Å². The maximum absolute atomic E-state index is 13.3. The molecule has 25 heavy (non-hydrogen) atoms. The molecule has 0 aromatic heterocycles. The van der Waals surface area contributed by atoms with Crippen LogP contribution in [0.1, 0.15) is 16.7 Å². The van der Waals surface area contributed by atoms with Crippen LogP contribution >= 0.6 is 0 Å². The van der Waals surface area contributed by atoms with E-state index in [0.717, 1.165) is 44.4 Å². The van der Waals surface area contributed by atoms with Crippen molar-refractivity contribution in [1.29, 1.82) is 0 Å². The average molecular weight is 354 g/mol. The van der Waals surface area contributed by atoms with E-state index in [9.17, 15) is 17.6 Å². The van der Waals surface area contributed by atoms with Gasteiger partial charge in [-0.15, -0.1) is 0 Å². The van der Waals surface area contributed by atoms with Crippen LogP contribution in [0.15, 0.2) is 48.5 Å². The van der Waals surface area contributed by atoms with Crippen LogP contribution in [0.5, 0.6) is 0 Å². The lowest BCUT2D eigenvalue weighted by atomic mass is 10.1. The van der Waals surface area contributed by atoms with Gasteiger partial charge in [0.05, 0.1) is 5.56 Å². The molecule has 134 valence electrons. The summed E-state index contributed by atoms with van der Waals surface area (Å²) in [6, 6.07) is 12.4. The Labute approximate surface area is 144 Å². The van der Waals surface area contributed by atoms with Gasteiger partial charge in [-0.25, -0.2) is 4.39 Å². The second-order valence-electron chi connectivity index (χ2n) is 6.64. The van der Waals surface area contributed by atoms with Crippen LogP contribution in [0.4, 0.5) is 17.6 Å². The Balaban J connectivity index is 1.57. The molecule has 0 atom stereocenters. The summed E-state index contributed by atoms with van der Waals surface area (Å²) in [7, 11) is 0. The highest BCUT2D eigenvalue weighted by atomic mass is 19.4. The number of hydrogen-bond donors (Lipinski definition) is 2. The maximum atomic E-state index is 13.3. The van der Waals surface area contributed by atoms with Crippen molar-refractivity contribution in [2.45, 2.75) is 19.3 Å². The normalized spacial score (nSPS) is 21.3. The molecule has 0 saturated carbocycles. The third-order valence-electron chi connectivity index (χ3n) is 4.77. The van der Waals surface area contributed by atoms with Crippen LogP contribution < -0.4 is 9.80 Å². The molecule has 3 rings (SSSR count). The number of alkyl halides is 3. The molecule has 0 unspecified atom stereocenters. The number of hydrogen-bond acceptors (Lipinski definition) is 0. The van der Waals surface area contributed by atoms with Crippen LogP contribution in [0.2, 0.25) is 0 Å². The van der Waals surface area contributed by atoms with E-state index in [1.807, 2.05) is 6.07 Å². The molecular formula is C19H22F4N2+2. The molecule has 0 amide bonds. The van der Waals surface area contributed by atoms with Gasteiger partial charge in [-0.2, -0.15) is 13.2 Å². The number of rotatable bonds is 4.